The minimum Gasteiger partial charge on any atom is -0.466 e. The summed E-state index contributed by atoms with van der Waals surface area (Å²) < 4.78 is 10.1. The molecule has 2 saturated heterocycles. The lowest BCUT2D eigenvalue weighted by Crippen LogP contribution is -2.55. The Morgan fingerprint density at radius 3 is 2.20 bits per heavy atom. The molecule has 6 nitrogen and oxygen atoms in total. The van der Waals surface area contributed by atoms with Crippen LogP contribution >= 0.6 is 0 Å². The van der Waals surface area contributed by atoms with Gasteiger partial charge in [-0.05, 0) is 42.2 Å². The van der Waals surface area contributed by atoms with Gasteiger partial charge in [0.25, 0.3) is 0 Å². The fraction of sp³-hybridized carbons (Fsp3) is 0.483. The molecule has 2 heterocycles. The second-order valence-corrected chi connectivity index (χ2v) is 9.87. The fourth-order valence-corrected chi connectivity index (χ4v) is 5.19. The molecule has 0 bridgehead atoms. The zero-order valence-electron chi connectivity index (χ0n) is 21.4. The van der Waals surface area contributed by atoms with Crippen LogP contribution in [0.1, 0.15) is 36.1 Å². The van der Waals surface area contributed by atoms with Gasteiger partial charge in [-0.25, -0.2) is 4.79 Å². The predicted molar refractivity (Wildman–Crippen MR) is 140 cm³/mol. The van der Waals surface area contributed by atoms with Crippen LogP contribution in [0.25, 0.3) is 6.08 Å². The third kappa shape index (κ3) is 7.48. The average molecular weight is 478 g/mol. The van der Waals surface area contributed by atoms with E-state index in [1.54, 1.807) is 6.08 Å². The zero-order valence-corrected chi connectivity index (χ0v) is 21.4. The molecular weight excluding hydrogens is 438 g/mol. The van der Waals surface area contributed by atoms with Crippen molar-refractivity contribution >= 4 is 12.0 Å². The summed E-state index contributed by atoms with van der Waals surface area (Å²) in [6.45, 7) is 13.5. The van der Waals surface area contributed by atoms with E-state index in [4.69, 9.17) is 4.74 Å². The van der Waals surface area contributed by atoms with Crippen molar-refractivity contribution in [2.24, 2.45) is 0 Å². The maximum Gasteiger partial charge on any atom is 0.330 e. The Kier molecular flexibility index (Phi) is 9.10. The lowest BCUT2D eigenvalue weighted by atomic mass is 10.0. The van der Waals surface area contributed by atoms with Crippen molar-refractivity contribution in [2.75, 3.05) is 46.5 Å². The summed E-state index contributed by atoms with van der Waals surface area (Å²) in [5.74, 6) is -0.334. The van der Waals surface area contributed by atoms with Crippen molar-refractivity contribution in [3.8, 4) is 0 Å². The number of esters is 1. The number of carbonyl (C=O) groups is 1. The highest BCUT2D eigenvalue weighted by Crippen LogP contribution is 2.22. The monoisotopic (exact) mass is 477 g/mol. The molecular formula is C29H39N3O3. The topological polar surface area (TPSA) is 45.2 Å². The van der Waals surface area contributed by atoms with E-state index in [0.29, 0.717) is 12.1 Å². The first-order valence-electron chi connectivity index (χ1n) is 12.7. The van der Waals surface area contributed by atoms with Crippen LogP contribution in [0, 0.1) is 0 Å². The lowest BCUT2D eigenvalue weighted by Gasteiger charge is -2.44. The predicted octanol–water partition coefficient (Wildman–Crippen LogP) is 3.80. The molecule has 35 heavy (non-hydrogen) atoms. The largest absolute Gasteiger partial charge is 0.466 e. The highest BCUT2D eigenvalue weighted by atomic mass is 16.5. The molecule has 2 fully saturated rings. The van der Waals surface area contributed by atoms with Crippen LogP contribution in [0.3, 0.4) is 0 Å². The molecule has 2 aliphatic rings. The van der Waals surface area contributed by atoms with E-state index in [1.807, 2.05) is 0 Å². The molecule has 4 rings (SSSR count). The van der Waals surface area contributed by atoms with E-state index in [-0.39, 0.29) is 5.97 Å². The minimum absolute atomic E-state index is 0.334. The van der Waals surface area contributed by atoms with Crippen LogP contribution in [0.4, 0.5) is 0 Å². The molecule has 2 aromatic carbocycles. The third-order valence-electron chi connectivity index (χ3n) is 7.04. The number of hydrogen-bond donors (Lipinski definition) is 0. The van der Waals surface area contributed by atoms with Gasteiger partial charge in [0.15, 0.2) is 0 Å². The zero-order chi connectivity index (χ0) is 24.6. The quantitative estimate of drug-likeness (QED) is 0.426. The Morgan fingerprint density at radius 2 is 1.54 bits per heavy atom. The SMILES string of the molecule is COC(=O)C=Cc1ccc(CN2C[C@@H](C)N(Cc3cccc(CN4CCOCC4)c3)[C@@H](C)C2)cc1. The summed E-state index contributed by atoms with van der Waals surface area (Å²) in [5.41, 5.74) is 5.09. The number of morpholine rings is 1. The molecule has 188 valence electrons. The Hall–Kier alpha value is -2.51. The van der Waals surface area contributed by atoms with Crippen molar-refractivity contribution in [1.82, 2.24) is 14.7 Å². The summed E-state index contributed by atoms with van der Waals surface area (Å²) >= 11 is 0. The standard InChI is InChI=1S/C29H39N3O3/c1-23-18-31(20-26-9-7-25(8-10-26)11-12-29(33)34-3)19-24(2)32(23)22-28-6-4-5-27(17-28)21-30-13-15-35-16-14-30/h4-12,17,23-24H,13-16,18-22H2,1-3H3/t23-,24+. The number of piperazine rings is 1. The van der Waals surface area contributed by atoms with Crippen LogP contribution in [0.15, 0.2) is 54.6 Å². The van der Waals surface area contributed by atoms with Crippen LogP contribution < -0.4 is 0 Å². The molecule has 2 aromatic rings. The molecule has 0 aliphatic carbocycles. The molecule has 0 N–H and O–H groups in total. The maximum absolute atomic E-state index is 11.3. The summed E-state index contributed by atoms with van der Waals surface area (Å²) in [6.07, 6.45) is 3.24. The van der Waals surface area contributed by atoms with Gasteiger partial charge in [-0.1, -0.05) is 48.5 Å². The van der Waals surface area contributed by atoms with E-state index in [2.05, 4.69) is 81.8 Å². The van der Waals surface area contributed by atoms with E-state index in [0.717, 1.165) is 64.6 Å². The molecule has 0 unspecified atom stereocenters. The van der Waals surface area contributed by atoms with Crippen molar-refractivity contribution in [3.05, 3.63) is 76.9 Å². The average Bonchev–Trinajstić information content (AvgIpc) is 2.86. The van der Waals surface area contributed by atoms with Gasteiger partial charge in [-0.3, -0.25) is 14.7 Å². The van der Waals surface area contributed by atoms with Crippen LogP contribution in [-0.4, -0.2) is 79.3 Å². The molecule has 2 atom stereocenters. The number of rotatable bonds is 8. The molecule has 2 aliphatic heterocycles. The van der Waals surface area contributed by atoms with Gasteiger partial charge in [0, 0.05) is 64.0 Å². The molecule has 0 amide bonds. The van der Waals surface area contributed by atoms with Crippen LogP contribution in [0.2, 0.25) is 0 Å². The number of benzene rings is 2. The normalized spacial score (nSPS) is 22.5. The van der Waals surface area contributed by atoms with Crippen molar-refractivity contribution in [3.63, 3.8) is 0 Å². The van der Waals surface area contributed by atoms with Crippen LogP contribution in [0.5, 0.6) is 0 Å². The second kappa shape index (κ2) is 12.5. The Labute approximate surface area is 210 Å². The number of hydrogen-bond acceptors (Lipinski definition) is 6. The first-order valence-corrected chi connectivity index (χ1v) is 12.7. The first-order chi connectivity index (χ1) is 17.0. The first kappa shape index (κ1) is 25.6. The second-order valence-electron chi connectivity index (χ2n) is 9.87. The number of nitrogens with zero attached hydrogens (tertiary/aromatic N) is 3. The minimum atomic E-state index is -0.334. The molecule has 0 aromatic heterocycles. The summed E-state index contributed by atoms with van der Waals surface area (Å²) in [7, 11) is 1.39. The third-order valence-corrected chi connectivity index (χ3v) is 7.04. The molecule has 6 heteroatoms. The van der Waals surface area contributed by atoms with Gasteiger partial charge in [-0.2, -0.15) is 0 Å². The highest BCUT2D eigenvalue weighted by molar-refractivity contribution is 5.86. The van der Waals surface area contributed by atoms with E-state index in [1.165, 1.54) is 29.9 Å². The molecule has 0 spiro atoms. The van der Waals surface area contributed by atoms with Crippen molar-refractivity contribution in [2.45, 2.75) is 45.6 Å². The smallest absolute Gasteiger partial charge is 0.330 e. The van der Waals surface area contributed by atoms with Gasteiger partial charge in [0.05, 0.1) is 20.3 Å². The Bertz CT molecular complexity index is 973. The lowest BCUT2D eigenvalue weighted by molar-refractivity contribution is -0.134. The van der Waals surface area contributed by atoms with Gasteiger partial charge < -0.3 is 9.47 Å². The van der Waals surface area contributed by atoms with Gasteiger partial charge in [0.2, 0.25) is 0 Å². The van der Waals surface area contributed by atoms with E-state index < -0.39 is 0 Å². The summed E-state index contributed by atoms with van der Waals surface area (Å²) in [6, 6.07) is 18.5. The molecule has 0 saturated carbocycles. The van der Waals surface area contributed by atoms with Crippen molar-refractivity contribution < 1.29 is 14.3 Å². The number of methoxy groups -OCH3 is 1. The van der Waals surface area contributed by atoms with Gasteiger partial charge in [-0.15, -0.1) is 0 Å². The van der Waals surface area contributed by atoms with E-state index >= 15 is 0 Å². The van der Waals surface area contributed by atoms with Gasteiger partial charge >= 0.3 is 5.97 Å². The van der Waals surface area contributed by atoms with Crippen molar-refractivity contribution in [1.29, 1.82) is 0 Å². The summed E-state index contributed by atoms with van der Waals surface area (Å²) in [5, 5.41) is 0. The Morgan fingerprint density at radius 1 is 0.914 bits per heavy atom. The summed E-state index contributed by atoms with van der Waals surface area (Å²) in [4.78, 5) is 19.0. The Balaban J connectivity index is 1.30. The maximum atomic E-state index is 11.3. The highest BCUT2D eigenvalue weighted by Gasteiger charge is 2.29. The van der Waals surface area contributed by atoms with Gasteiger partial charge in [0.1, 0.15) is 0 Å². The van der Waals surface area contributed by atoms with E-state index in [9.17, 15) is 4.79 Å². The number of carbonyl (C=O) groups excluding carboxylic acids is 1. The fourth-order valence-electron chi connectivity index (χ4n) is 5.19. The van der Waals surface area contributed by atoms with Crippen LogP contribution in [-0.2, 0) is 33.9 Å². The number of ether oxygens (including phenoxy) is 2. The molecule has 0 radical (unpaired) electrons.